The standard InChI is InChI=1S/C19H26O2.2C2H6/c1-13(2)8-9-17(11-15(4)20-6)18-10-14(3)16(5)19(12-18)21-7;2*1-2/h8-12,15H,1H2,2-7H3;2*1-2H3/b9-8-,17-11+;;. The molecule has 1 unspecified atom stereocenters. The average Bonchev–Trinajstić information content (AvgIpc) is 2.63. The van der Waals surface area contributed by atoms with Crippen LogP contribution in [0.2, 0.25) is 0 Å². The van der Waals surface area contributed by atoms with Crippen molar-refractivity contribution in [2.75, 3.05) is 14.2 Å². The predicted octanol–water partition coefficient (Wildman–Crippen LogP) is 6.92. The second-order valence-electron chi connectivity index (χ2n) is 5.36. The van der Waals surface area contributed by atoms with Gasteiger partial charge < -0.3 is 9.47 Å². The summed E-state index contributed by atoms with van der Waals surface area (Å²) in [6, 6.07) is 4.24. The minimum Gasteiger partial charge on any atom is -0.496 e. The topological polar surface area (TPSA) is 18.5 Å². The van der Waals surface area contributed by atoms with Gasteiger partial charge in [-0.15, -0.1) is 0 Å². The highest BCUT2D eigenvalue weighted by atomic mass is 16.5. The Morgan fingerprint density at radius 2 is 1.60 bits per heavy atom. The van der Waals surface area contributed by atoms with E-state index in [2.05, 4.69) is 44.7 Å². The smallest absolute Gasteiger partial charge is 0.122 e. The van der Waals surface area contributed by atoms with Crippen LogP contribution in [-0.4, -0.2) is 20.3 Å². The Kier molecular flexibility index (Phi) is 14.8. The quantitative estimate of drug-likeness (QED) is 0.521. The third-order valence-electron chi connectivity index (χ3n) is 3.51. The van der Waals surface area contributed by atoms with Gasteiger partial charge in [-0.25, -0.2) is 0 Å². The van der Waals surface area contributed by atoms with Gasteiger partial charge in [0.1, 0.15) is 5.75 Å². The summed E-state index contributed by atoms with van der Waals surface area (Å²) in [7, 11) is 3.42. The third-order valence-corrected chi connectivity index (χ3v) is 3.51. The second-order valence-corrected chi connectivity index (χ2v) is 5.36. The van der Waals surface area contributed by atoms with Crippen molar-refractivity contribution in [1.82, 2.24) is 0 Å². The first-order valence-corrected chi connectivity index (χ1v) is 9.12. The first-order chi connectivity index (χ1) is 11.9. The fraction of sp³-hybridized carbons (Fsp3) is 0.478. The molecule has 0 spiro atoms. The van der Waals surface area contributed by atoms with Gasteiger partial charge in [-0.2, -0.15) is 0 Å². The van der Waals surface area contributed by atoms with Crippen LogP contribution in [0.15, 0.2) is 42.5 Å². The monoisotopic (exact) mass is 346 g/mol. The molecule has 0 bridgehead atoms. The lowest BCUT2D eigenvalue weighted by Gasteiger charge is -2.13. The number of benzene rings is 1. The molecule has 2 nitrogen and oxygen atoms in total. The molecule has 0 saturated heterocycles. The molecule has 0 aromatic heterocycles. The molecular weight excluding hydrogens is 308 g/mol. The molecule has 142 valence electrons. The Hall–Kier alpha value is -1.80. The van der Waals surface area contributed by atoms with E-state index in [-0.39, 0.29) is 6.10 Å². The molecule has 0 fully saturated rings. The first kappa shape index (κ1) is 25.4. The van der Waals surface area contributed by atoms with Gasteiger partial charge in [0.2, 0.25) is 0 Å². The zero-order chi connectivity index (χ0) is 20.0. The molecular formula is C23H38O2. The fourth-order valence-electron chi connectivity index (χ4n) is 2.01. The SMILES string of the molecule is C=C(C)/C=C\C(=C/C(C)OC)c1cc(C)c(C)c(OC)c1.CC.CC. The predicted molar refractivity (Wildman–Crippen MR) is 114 cm³/mol. The van der Waals surface area contributed by atoms with Crippen LogP contribution in [0.5, 0.6) is 5.75 Å². The van der Waals surface area contributed by atoms with Gasteiger partial charge in [0, 0.05) is 7.11 Å². The third kappa shape index (κ3) is 9.31. The summed E-state index contributed by atoms with van der Waals surface area (Å²) in [4.78, 5) is 0. The van der Waals surface area contributed by atoms with Crippen LogP contribution >= 0.6 is 0 Å². The Morgan fingerprint density at radius 1 is 1.04 bits per heavy atom. The lowest BCUT2D eigenvalue weighted by Crippen LogP contribution is -2.01. The van der Waals surface area contributed by atoms with Crippen LogP contribution in [0.4, 0.5) is 0 Å². The van der Waals surface area contributed by atoms with Crippen LogP contribution < -0.4 is 4.74 Å². The summed E-state index contributed by atoms with van der Waals surface area (Å²) in [5.74, 6) is 0.907. The van der Waals surface area contributed by atoms with Crippen molar-refractivity contribution in [3.63, 3.8) is 0 Å². The molecule has 1 rings (SSSR count). The Morgan fingerprint density at radius 3 is 2.04 bits per heavy atom. The van der Waals surface area contributed by atoms with Gasteiger partial charge in [0.25, 0.3) is 0 Å². The number of rotatable bonds is 6. The van der Waals surface area contributed by atoms with Gasteiger partial charge >= 0.3 is 0 Å². The molecule has 0 saturated carbocycles. The lowest BCUT2D eigenvalue weighted by atomic mass is 9.97. The van der Waals surface area contributed by atoms with Crippen LogP contribution in [-0.2, 0) is 4.74 Å². The molecule has 0 heterocycles. The molecule has 0 N–H and O–H groups in total. The van der Waals surface area contributed by atoms with E-state index in [4.69, 9.17) is 9.47 Å². The van der Waals surface area contributed by atoms with E-state index in [1.165, 1.54) is 11.1 Å². The Labute approximate surface area is 156 Å². The van der Waals surface area contributed by atoms with Crippen molar-refractivity contribution in [2.45, 2.75) is 61.5 Å². The maximum Gasteiger partial charge on any atom is 0.122 e. The first-order valence-electron chi connectivity index (χ1n) is 9.12. The highest BCUT2D eigenvalue weighted by Gasteiger charge is 2.08. The maximum atomic E-state index is 5.47. The van der Waals surface area contributed by atoms with Crippen molar-refractivity contribution < 1.29 is 9.47 Å². The van der Waals surface area contributed by atoms with Crippen molar-refractivity contribution in [3.05, 3.63) is 59.2 Å². The van der Waals surface area contributed by atoms with Crippen molar-refractivity contribution in [3.8, 4) is 5.75 Å². The second kappa shape index (κ2) is 14.5. The highest BCUT2D eigenvalue weighted by molar-refractivity contribution is 5.76. The van der Waals surface area contributed by atoms with Crippen LogP contribution in [0.25, 0.3) is 5.57 Å². The Bertz CT molecular complexity index is 566. The summed E-state index contributed by atoms with van der Waals surface area (Å²) < 4.78 is 10.8. The van der Waals surface area contributed by atoms with Gasteiger partial charge in [-0.05, 0) is 62.1 Å². The van der Waals surface area contributed by atoms with E-state index >= 15 is 0 Å². The summed E-state index contributed by atoms with van der Waals surface area (Å²) >= 11 is 0. The number of allylic oxidation sites excluding steroid dienone is 4. The van der Waals surface area contributed by atoms with Crippen molar-refractivity contribution in [1.29, 1.82) is 0 Å². The number of ether oxygens (including phenoxy) is 2. The molecule has 0 aliphatic rings. The van der Waals surface area contributed by atoms with E-state index in [0.717, 1.165) is 22.5 Å². The zero-order valence-corrected chi connectivity index (χ0v) is 18.0. The minimum absolute atomic E-state index is 0.0439. The van der Waals surface area contributed by atoms with Gasteiger partial charge in [-0.3, -0.25) is 0 Å². The van der Waals surface area contributed by atoms with E-state index in [1.807, 2.05) is 47.6 Å². The normalized spacial score (nSPS) is 11.8. The highest BCUT2D eigenvalue weighted by Crippen LogP contribution is 2.28. The molecule has 1 aromatic rings. The number of hydrogen-bond acceptors (Lipinski definition) is 2. The van der Waals surface area contributed by atoms with Crippen LogP contribution in [0, 0.1) is 13.8 Å². The average molecular weight is 347 g/mol. The van der Waals surface area contributed by atoms with Crippen molar-refractivity contribution >= 4 is 5.57 Å². The van der Waals surface area contributed by atoms with Crippen molar-refractivity contribution in [2.24, 2.45) is 0 Å². The lowest BCUT2D eigenvalue weighted by molar-refractivity contribution is 0.157. The molecule has 2 heteroatoms. The van der Waals surface area contributed by atoms with Gasteiger partial charge in [0.15, 0.2) is 0 Å². The molecule has 0 aliphatic carbocycles. The Balaban J connectivity index is 0. The zero-order valence-electron chi connectivity index (χ0n) is 18.0. The maximum absolute atomic E-state index is 5.47. The summed E-state index contributed by atoms with van der Waals surface area (Å²) in [6.07, 6.45) is 6.22. The van der Waals surface area contributed by atoms with Crippen LogP contribution in [0.3, 0.4) is 0 Å². The van der Waals surface area contributed by atoms with Gasteiger partial charge in [0.05, 0.1) is 13.2 Å². The molecule has 0 amide bonds. The van der Waals surface area contributed by atoms with Gasteiger partial charge in [-0.1, -0.05) is 58.1 Å². The molecule has 0 radical (unpaired) electrons. The molecule has 1 aromatic carbocycles. The summed E-state index contributed by atoms with van der Waals surface area (Å²) in [5.41, 5.74) is 5.63. The molecule has 1 atom stereocenters. The number of aryl methyl sites for hydroxylation is 1. The largest absolute Gasteiger partial charge is 0.496 e. The summed E-state index contributed by atoms with van der Waals surface area (Å²) in [6.45, 7) is 20.1. The fourth-order valence-corrected chi connectivity index (χ4v) is 2.01. The van der Waals surface area contributed by atoms with E-state index in [0.29, 0.717) is 0 Å². The van der Waals surface area contributed by atoms with E-state index < -0.39 is 0 Å². The molecule has 25 heavy (non-hydrogen) atoms. The number of hydrogen-bond donors (Lipinski definition) is 0. The molecule has 0 aliphatic heterocycles. The van der Waals surface area contributed by atoms with E-state index in [1.54, 1.807) is 14.2 Å². The summed E-state index contributed by atoms with van der Waals surface area (Å²) in [5, 5.41) is 0. The van der Waals surface area contributed by atoms with E-state index in [9.17, 15) is 0 Å². The minimum atomic E-state index is 0.0439. The number of methoxy groups -OCH3 is 2. The van der Waals surface area contributed by atoms with Crippen LogP contribution in [0.1, 0.15) is 58.2 Å².